The van der Waals surface area contributed by atoms with E-state index in [2.05, 4.69) is 50.8 Å². The highest BCUT2D eigenvalue weighted by molar-refractivity contribution is 9.10. The lowest BCUT2D eigenvalue weighted by Gasteiger charge is -2.29. The summed E-state index contributed by atoms with van der Waals surface area (Å²) in [7, 11) is 0. The molecule has 0 heterocycles. The monoisotopic (exact) mass is 377 g/mol. The largest absolute Gasteiger partial charge is 0.353 e. The first kappa shape index (κ1) is 16.8. The molecule has 2 aliphatic rings. The van der Waals surface area contributed by atoms with E-state index in [9.17, 15) is 0 Å². The number of halogens is 1. The molecule has 0 spiro atoms. The quantitative estimate of drug-likeness (QED) is 0.555. The standard InChI is InChI=1S/C19H28BrN3/c20-15-11-13-18(14-12-15)23-19(21-16-7-3-1-4-8-16)22-17-9-5-2-6-10-17/h11-14,16-17H,1-10H2,(H2,21,22,23). The number of aliphatic imine (C=N–C) groups is 1. The van der Waals surface area contributed by atoms with Crippen molar-refractivity contribution in [2.24, 2.45) is 4.99 Å². The molecule has 126 valence electrons. The summed E-state index contributed by atoms with van der Waals surface area (Å²) < 4.78 is 1.10. The van der Waals surface area contributed by atoms with E-state index in [0.29, 0.717) is 12.1 Å². The highest BCUT2D eigenvalue weighted by Gasteiger charge is 2.18. The first-order valence-corrected chi connectivity index (χ1v) is 9.96. The topological polar surface area (TPSA) is 36.4 Å². The molecule has 0 aromatic heterocycles. The van der Waals surface area contributed by atoms with Gasteiger partial charge in [0.2, 0.25) is 0 Å². The molecule has 2 saturated carbocycles. The van der Waals surface area contributed by atoms with Gasteiger partial charge in [-0.15, -0.1) is 0 Å². The summed E-state index contributed by atoms with van der Waals surface area (Å²) in [6.45, 7) is 0. The normalized spacial score (nSPS) is 20.0. The summed E-state index contributed by atoms with van der Waals surface area (Å²) in [5.41, 5.74) is 1.01. The number of nitrogens with zero attached hydrogens (tertiary/aromatic N) is 1. The predicted octanol–water partition coefficient (Wildman–Crippen LogP) is 5.28. The molecule has 3 rings (SSSR count). The molecular weight excluding hydrogens is 350 g/mol. The van der Waals surface area contributed by atoms with Gasteiger partial charge in [0.25, 0.3) is 0 Å². The van der Waals surface area contributed by atoms with E-state index in [0.717, 1.165) is 16.1 Å². The second-order valence-electron chi connectivity index (χ2n) is 6.90. The minimum Gasteiger partial charge on any atom is -0.353 e. The number of hydrogen-bond acceptors (Lipinski definition) is 1. The fraction of sp³-hybridized carbons (Fsp3) is 0.632. The summed E-state index contributed by atoms with van der Waals surface area (Å²) in [4.78, 5) is 4.86. The summed E-state index contributed by atoms with van der Waals surface area (Å²) in [5.74, 6) is 0.978. The Morgan fingerprint density at radius 3 is 1.74 bits per heavy atom. The fourth-order valence-corrected chi connectivity index (χ4v) is 3.90. The minimum absolute atomic E-state index is 0.578. The third-order valence-corrected chi connectivity index (χ3v) is 5.49. The molecule has 1 aromatic rings. The van der Waals surface area contributed by atoms with Crippen LogP contribution in [-0.2, 0) is 0 Å². The van der Waals surface area contributed by atoms with Gasteiger partial charge in [-0.05, 0) is 49.9 Å². The molecular formula is C19H28BrN3. The number of benzene rings is 1. The molecule has 2 N–H and O–H groups in total. The zero-order valence-corrected chi connectivity index (χ0v) is 15.4. The van der Waals surface area contributed by atoms with Crippen molar-refractivity contribution in [2.45, 2.75) is 76.3 Å². The molecule has 2 aliphatic carbocycles. The second-order valence-corrected chi connectivity index (χ2v) is 7.81. The van der Waals surface area contributed by atoms with E-state index in [-0.39, 0.29) is 0 Å². The van der Waals surface area contributed by atoms with E-state index in [1.807, 2.05) is 0 Å². The Morgan fingerprint density at radius 2 is 1.26 bits per heavy atom. The average molecular weight is 378 g/mol. The number of nitrogens with one attached hydrogen (secondary N) is 2. The maximum absolute atomic E-state index is 4.86. The van der Waals surface area contributed by atoms with Crippen molar-refractivity contribution in [2.75, 3.05) is 0 Å². The Bertz CT molecular complexity index is 478. The van der Waals surface area contributed by atoms with Gasteiger partial charge in [-0.3, -0.25) is 0 Å². The van der Waals surface area contributed by atoms with E-state index in [4.69, 9.17) is 4.99 Å². The van der Waals surface area contributed by atoms with Crippen LogP contribution in [0, 0.1) is 0 Å². The van der Waals surface area contributed by atoms with Crippen LogP contribution in [0.5, 0.6) is 0 Å². The second kappa shape index (κ2) is 8.72. The highest BCUT2D eigenvalue weighted by Crippen LogP contribution is 2.21. The van der Waals surface area contributed by atoms with Gasteiger partial charge in [0.1, 0.15) is 0 Å². The first-order valence-electron chi connectivity index (χ1n) is 9.17. The molecule has 0 saturated heterocycles. The first-order chi connectivity index (χ1) is 11.3. The van der Waals surface area contributed by atoms with Crippen LogP contribution in [0.1, 0.15) is 64.2 Å². The number of rotatable bonds is 3. The van der Waals surface area contributed by atoms with Gasteiger partial charge >= 0.3 is 0 Å². The van der Waals surface area contributed by atoms with Crippen molar-refractivity contribution >= 4 is 27.6 Å². The van der Waals surface area contributed by atoms with Crippen LogP contribution < -0.4 is 10.6 Å². The Kier molecular flexibility index (Phi) is 6.37. The Hall–Kier alpha value is -1.03. The molecule has 0 bridgehead atoms. The van der Waals surface area contributed by atoms with Gasteiger partial charge in [0, 0.05) is 16.6 Å². The maximum Gasteiger partial charge on any atom is 0.196 e. The van der Waals surface area contributed by atoms with Crippen molar-refractivity contribution in [3.05, 3.63) is 28.7 Å². The van der Waals surface area contributed by atoms with Crippen molar-refractivity contribution in [1.29, 1.82) is 0 Å². The molecule has 4 heteroatoms. The number of guanidine groups is 1. The Labute approximate surface area is 148 Å². The van der Waals surface area contributed by atoms with Crippen molar-refractivity contribution in [3.8, 4) is 0 Å². The van der Waals surface area contributed by atoms with Crippen LogP contribution in [0.3, 0.4) is 0 Å². The van der Waals surface area contributed by atoms with Gasteiger partial charge in [0.05, 0.1) is 5.69 Å². The predicted molar refractivity (Wildman–Crippen MR) is 101 cm³/mol. The summed E-state index contributed by atoms with van der Waals surface area (Å²) in [6, 6.07) is 9.39. The zero-order chi connectivity index (χ0) is 15.9. The zero-order valence-electron chi connectivity index (χ0n) is 13.9. The SMILES string of the molecule is Brc1ccc(N=C(NC2CCCCC2)NC2CCCCC2)cc1. The third-order valence-electron chi connectivity index (χ3n) is 4.96. The van der Waals surface area contributed by atoms with Crippen molar-refractivity contribution in [3.63, 3.8) is 0 Å². The van der Waals surface area contributed by atoms with Crippen LogP contribution in [0.25, 0.3) is 0 Å². The number of hydrogen-bond donors (Lipinski definition) is 2. The molecule has 23 heavy (non-hydrogen) atoms. The van der Waals surface area contributed by atoms with Gasteiger partial charge in [-0.25, -0.2) is 4.99 Å². The van der Waals surface area contributed by atoms with E-state index >= 15 is 0 Å². The van der Waals surface area contributed by atoms with Crippen LogP contribution in [-0.4, -0.2) is 18.0 Å². The summed E-state index contributed by atoms with van der Waals surface area (Å²) in [5, 5.41) is 7.39. The van der Waals surface area contributed by atoms with Gasteiger partial charge in [0.15, 0.2) is 5.96 Å². The van der Waals surface area contributed by atoms with Crippen LogP contribution in [0.2, 0.25) is 0 Å². The van der Waals surface area contributed by atoms with Gasteiger partial charge in [-0.1, -0.05) is 54.5 Å². The lowest BCUT2D eigenvalue weighted by molar-refractivity contribution is 0.389. The van der Waals surface area contributed by atoms with Gasteiger partial charge in [-0.2, -0.15) is 0 Å². The highest BCUT2D eigenvalue weighted by atomic mass is 79.9. The lowest BCUT2D eigenvalue weighted by atomic mass is 9.95. The summed E-state index contributed by atoms with van der Waals surface area (Å²) >= 11 is 3.49. The molecule has 0 atom stereocenters. The average Bonchev–Trinajstić information content (AvgIpc) is 2.59. The molecule has 0 radical (unpaired) electrons. The Morgan fingerprint density at radius 1 is 0.783 bits per heavy atom. The molecule has 1 aromatic carbocycles. The molecule has 0 unspecified atom stereocenters. The van der Waals surface area contributed by atoms with E-state index in [1.165, 1.54) is 64.2 Å². The van der Waals surface area contributed by atoms with Crippen LogP contribution in [0.4, 0.5) is 5.69 Å². The van der Waals surface area contributed by atoms with Crippen molar-refractivity contribution < 1.29 is 0 Å². The van der Waals surface area contributed by atoms with Gasteiger partial charge < -0.3 is 10.6 Å². The minimum atomic E-state index is 0.578. The summed E-state index contributed by atoms with van der Waals surface area (Å²) in [6.07, 6.45) is 13.2. The Balaban J connectivity index is 1.69. The molecule has 0 aliphatic heterocycles. The maximum atomic E-state index is 4.86. The molecule has 2 fully saturated rings. The fourth-order valence-electron chi connectivity index (χ4n) is 3.63. The molecule has 0 amide bonds. The van der Waals surface area contributed by atoms with Crippen molar-refractivity contribution in [1.82, 2.24) is 10.6 Å². The van der Waals surface area contributed by atoms with Crippen LogP contribution >= 0.6 is 15.9 Å². The lowest BCUT2D eigenvalue weighted by Crippen LogP contribution is -2.48. The smallest absolute Gasteiger partial charge is 0.196 e. The third kappa shape index (κ3) is 5.52. The van der Waals surface area contributed by atoms with E-state index < -0.39 is 0 Å². The molecule has 3 nitrogen and oxygen atoms in total. The van der Waals surface area contributed by atoms with Crippen LogP contribution in [0.15, 0.2) is 33.7 Å². The van der Waals surface area contributed by atoms with E-state index in [1.54, 1.807) is 0 Å².